The molecular weight excluding hydrogens is 579 g/mol. The van der Waals surface area contributed by atoms with E-state index in [1.54, 1.807) is 0 Å². The van der Waals surface area contributed by atoms with Gasteiger partial charge in [0.2, 0.25) is 0 Å². The van der Waals surface area contributed by atoms with E-state index in [2.05, 4.69) is 179 Å². The maximum absolute atomic E-state index is 3.42. The zero-order valence-electron chi connectivity index (χ0n) is 26.8. The molecule has 5 aromatic rings. The zero-order valence-corrected chi connectivity index (χ0v) is 26.8. The van der Waals surface area contributed by atoms with Gasteiger partial charge in [0.1, 0.15) is 0 Å². The van der Waals surface area contributed by atoms with E-state index in [0.29, 0.717) is 0 Å². The highest BCUT2D eigenvalue weighted by Gasteiger charge is 2.23. The average Bonchev–Trinajstić information content (AvgIpc) is 3.20. The first-order valence-electron chi connectivity index (χ1n) is 16.5. The van der Waals surface area contributed by atoms with E-state index in [0.717, 1.165) is 0 Å². The fourth-order valence-corrected chi connectivity index (χ4v) is 6.22. The van der Waals surface area contributed by atoms with Crippen molar-refractivity contribution in [2.24, 2.45) is 0 Å². The topological polar surface area (TPSA) is 36.1 Å². The second kappa shape index (κ2) is 15.1. The molecule has 0 aliphatic carbocycles. The lowest BCUT2D eigenvalue weighted by Crippen LogP contribution is -2.52. The van der Waals surface area contributed by atoms with Gasteiger partial charge >= 0.3 is 20.5 Å². The van der Waals surface area contributed by atoms with Gasteiger partial charge in [-0.05, 0) is 88.4 Å². The van der Waals surface area contributed by atoms with Gasteiger partial charge in [0.25, 0.3) is 0 Å². The van der Waals surface area contributed by atoms with Crippen LogP contribution in [0.5, 0.6) is 0 Å². The SMILES string of the molecule is C1=CNB(c2cc(B3C=CC=CN3)cc(B3C=CC=CN3)c2)C=C1.c1ccc(-c2cc(-c3ccccc3)cc(-c3ccccc3)c2)cc1. The third-order valence-corrected chi connectivity index (χ3v) is 8.69. The van der Waals surface area contributed by atoms with Gasteiger partial charge in [-0.2, -0.15) is 0 Å². The van der Waals surface area contributed by atoms with Gasteiger partial charge in [-0.25, -0.2) is 0 Å². The number of hydrogen-bond donors (Lipinski definition) is 3. The van der Waals surface area contributed by atoms with E-state index in [9.17, 15) is 0 Å². The monoisotopic (exact) mass is 615 g/mol. The van der Waals surface area contributed by atoms with Crippen molar-refractivity contribution in [2.75, 3.05) is 0 Å². The molecule has 228 valence electrons. The zero-order chi connectivity index (χ0) is 32.4. The Hall–Kier alpha value is -5.87. The van der Waals surface area contributed by atoms with Crippen LogP contribution < -0.4 is 32.1 Å². The molecule has 0 bridgehead atoms. The Morgan fingerprint density at radius 2 is 0.583 bits per heavy atom. The molecule has 0 fully saturated rings. The summed E-state index contributed by atoms with van der Waals surface area (Å²) >= 11 is 0. The first kappa shape index (κ1) is 30.8. The van der Waals surface area contributed by atoms with E-state index in [4.69, 9.17) is 0 Å². The first-order valence-corrected chi connectivity index (χ1v) is 16.5. The summed E-state index contributed by atoms with van der Waals surface area (Å²) in [6.07, 6.45) is 18.3. The van der Waals surface area contributed by atoms with Gasteiger partial charge in [-0.1, -0.05) is 162 Å². The van der Waals surface area contributed by atoms with E-state index < -0.39 is 0 Å². The summed E-state index contributed by atoms with van der Waals surface area (Å²) in [5.41, 5.74) is 11.3. The van der Waals surface area contributed by atoms with Gasteiger partial charge in [-0.15, -0.1) is 0 Å². The van der Waals surface area contributed by atoms with Crippen LogP contribution in [0.2, 0.25) is 0 Å². The lowest BCUT2D eigenvalue weighted by molar-refractivity contribution is 1.31. The summed E-state index contributed by atoms with van der Waals surface area (Å²) in [5.74, 6) is 6.57. The summed E-state index contributed by atoms with van der Waals surface area (Å²) in [4.78, 5) is 0. The minimum absolute atomic E-state index is 0.208. The van der Waals surface area contributed by atoms with Gasteiger partial charge < -0.3 is 15.7 Å². The maximum Gasteiger partial charge on any atom is 0.312 e. The molecule has 3 aliphatic heterocycles. The highest BCUT2D eigenvalue weighted by atomic mass is 14.8. The summed E-state index contributed by atoms with van der Waals surface area (Å²) in [6, 6.07) is 45.4. The molecule has 6 heteroatoms. The highest BCUT2D eigenvalue weighted by Crippen LogP contribution is 2.32. The normalized spacial score (nSPS) is 14.1. The third-order valence-electron chi connectivity index (χ3n) is 8.69. The molecule has 5 aromatic carbocycles. The Morgan fingerprint density at radius 3 is 0.833 bits per heavy atom. The molecule has 0 atom stereocenters. The van der Waals surface area contributed by atoms with Crippen LogP contribution in [0.25, 0.3) is 33.4 Å². The van der Waals surface area contributed by atoms with Gasteiger partial charge in [0.15, 0.2) is 0 Å². The molecule has 3 N–H and O–H groups in total. The lowest BCUT2D eigenvalue weighted by Gasteiger charge is -2.21. The van der Waals surface area contributed by atoms with Crippen LogP contribution in [-0.4, -0.2) is 20.5 Å². The fourth-order valence-electron chi connectivity index (χ4n) is 6.22. The third kappa shape index (κ3) is 7.57. The largest absolute Gasteiger partial charge is 0.427 e. The predicted octanol–water partition coefficient (Wildman–Crippen LogP) is 6.61. The summed E-state index contributed by atoms with van der Waals surface area (Å²) in [6.45, 7) is 0.625. The van der Waals surface area contributed by atoms with Crippen molar-refractivity contribution in [3.8, 4) is 33.4 Å². The van der Waals surface area contributed by atoms with Gasteiger partial charge in [0.05, 0.1) is 0 Å². The summed E-state index contributed by atoms with van der Waals surface area (Å²) < 4.78 is 0. The molecule has 0 spiro atoms. The molecule has 0 amide bonds. The van der Waals surface area contributed by atoms with Gasteiger partial charge in [0, 0.05) is 0 Å². The van der Waals surface area contributed by atoms with Crippen molar-refractivity contribution >= 4 is 36.9 Å². The Balaban J connectivity index is 0.000000152. The van der Waals surface area contributed by atoms with Crippen LogP contribution in [0.1, 0.15) is 0 Å². The Morgan fingerprint density at radius 1 is 0.292 bits per heavy atom. The second-order valence-electron chi connectivity index (χ2n) is 12.0. The van der Waals surface area contributed by atoms with Crippen LogP contribution >= 0.6 is 0 Å². The first-order chi connectivity index (χ1) is 23.8. The average molecular weight is 615 g/mol. The molecule has 8 rings (SSSR count). The smallest absolute Gasteiger partial charge is 0.312 e. The molecule has 48 heavy (non-hydrogen) atoms. The van der Waals surface area contributed by atoms with Crippen LogP contribution in [0.15, 0.2) is 200 Å². The van der Waals surface area contributed by atoms with Crippen molar-refractivity contribution in [1.82, 2.24) is 15.7 Å². The standard InChI is InChI=1S/C24H18.C18H18B3N3/c1-4-10-19(11-5-1)22-16-23(20-12-6-2-7-13-20)18-24(17-22)21-14-8-3-9-15-21;1-4-10-22-19(7-1)16-13-17(20-8-2-5-11-23-20)15-18(14-16)21-9-3-6-12-24-21/h1-18H;1-15,22-24H. The van der Waals surface area contributed by atoms with E-state index in [-0.39, 0.29) is 20.5 Å². The van der Waals surface area contributed by atoms with Crippen LogP contribution in [0.3, 0.4) is 0 Å². The van der Waals surface area contributed by atoms with Crippen molar-refractivity contribution < 1.29 is 0 Å². The van der Waals surface area contributed by atoms with E-state index in [1.807, 2.05) is 36.8 Å². The fraction of sp³-hybridized carbons (Fsp3) is 0. The Kier molecular flexibility index (Phi) is 9.71. The number of hydrogen-bond acceptors (Lipinski definition) is 3. The van der Waals surface area contributed by atoms with Crippen LogP contribution in [-0.2, 0) is 0 Å². The number of rotatable bonds is 6. The quantitative estimate of drug-likeness (QED) is 0.189. The van der Waals surface area contributed by atoms with E-state index in [1.165, 1.54) is 49.8 Å². The maximum atomic E-state index is 3.42. The second-order valence-corrected chi connectivity index (χ2v) is 12.0. The molecule has 3 heterocycles. The Bertz CT molecular complexity index is 1760. The van der Waals surface area contributed by atoms with Gasteiger partial charge in [-0.3, -0.25) is 0 Å². The molecule has 3 nitrogen and oxygen atoms in total. The van der Waals surface area contributed by atoms with E-state index >= 15 is 0 Å². The molecule has 0 saturated carbocycles. The molecule has 3 aliphatic rings. The summed E-state index contributed by atoms with van der Waals surface area (Å²) in [7, 11) is 0. The predicted molar refractivity (Wildman–Crippen MR) is 210 cm³/mol. The van der Waals surface area contributed by atoms with Crippen molar-refractivity contribution in [1.29, 1.82) is 0 Å². The van der Waals surface area contributed by atoms with Crippen molar-refractivity contribution in [3.05, 3.63) is 200 Å². The lowest BCUT2D eigenvalue weighted by atomic mass is 9.46. The molecule has 0 saturated heterocycles. The van der Waals surface area contributed by atoms with Crippen molar-refractivity contribution in [3.63, 3.8) is 0 Å². The number of nitrogens with one attached hydrogen (secondary N) is 3. The Labute approximate surface area is 285 Å². The highest BCUT2D eigenvalue weighted by molar-refractivity contribution is 6.82. The summed E-state index contributed by atoms with van der Waals surface area (Å²) in [5, 5.41) is 10.3. The van der Waals surface area contributed by atoms with Crippen LogP contribution in [0, 0.1) is 0 Å². The minimum Gasteiger partial charge on any atom is -0.427 e. The molecule has 0 unspecified atom stereocenters. The number of benzene rings is 5. The van der Waals surface area contributed by atoms with Crippen LogP contribution in [0.4, 0.5) is 0 Å². The number of allylic oxidation sites excluding steroid dienone is 6. The molecular formula is C42H36B3N3. The van der Waals surface area contributed by atoms with Crippen molar-refractivity contribution in [2.45, 2.75) is 0 Å². The minimum atomic E-state index is 0.208. The molecule has 0 radical (unpaired) electrons. The molecule has 0 aromatic heterocycles.